The fourth-order valence-corrected chi connectivity index (χ4v) is 1.37. The molecule has 0 saturated carbocycles. The van der Waals surface area contributed by atoms with E-state index in [4.69, 9.17) is 0 Å². The maximum Gasteiger partial charge on any atom is 0.0708 e. The van der Waals surface area contributed by atoms with Gasteiger partial charge in [0.05, 0.1) is 11.7 Å². The Morgan fingerprint density at radius 3 is 3.00 bits per heavy atom. The van der Waals surface area contributed by atoms with E-state index in [0.717, 1.165) is 5.39 Å². The van der Waals surface area contributed by atoms with Crippen LogP contribution < -0.4 is 0 Å². The van der Waals surface area contributed by atoms with Crippen molar-refractivity contribution in [1.29, 1.82) is 0 Å². The lowest BCUT2D eigenvalue weighted by Gasteiger charge is -1.96. The topological polar surface area (TPSA) is 17.8 Å². The first kappa shape index (κ1) is 6.40. The van der Waals surface area contributed by atoms with Gasteiger partial charge in [-0.25, -0.2) is 0 Å². The van der Waals surface area contributed by atoms with E-state index in [9.17, 15) is 0 Å². The molecule has 0 aliphatic rings. The Labute approximate surface area is 65.5 Å². The van der Waals surface area contributed by atoms with Crippen LogP contribution in [-0.2, 0) is 7.05 Å². The van der Waals surface area contributed by atoms with Crippen molar-refractivity contribution < 1.29 is 0 Å². The number of nitrogens with zero attached hydrogens (tertiary/aromatic N) is 2. The minimum atomic E-state index is 1.16. The summed E-state index contributed by atoms with van der Waals surface area (Å²) in [5, 5.41) is 5.31. The molecular weight excluding hydrogens is 136 g/mol. The average Bonchev–Trinajstić information content (AvgIpc) is 2.34. The zero-order valence-electron chi connectivity index (χ0n) is 6.63. The van der Waals surface area contributed by atoms with Gasteiger partial charge in [0.25, 0.3) is 0 Å². The van der Waals surface area contributed by atoms with Gasteiger partial charge in [-0.1, -0.05) is 0 Å². The van der Waals surface area contributed by atoms with Gasteiger partial charge in [-0.15, -0.1) is 0 Å². The summed E-state index contributed by atoms with van der Waals surface area (Å²) in [7, 11) is 1.95. The zero-order chi connectivity index (χ0) is 7.84. The molecule has 0 saturated heterocycles. The SMILES string of the molecule is Cc1c[c]cc2cnn(C)c12. The molecule has 0 fully saturated rings. The predicted octanol–water partition coefficient (Wildman–Crippen LogP) is 1.68. The van der Waals surface area contributed by atoms with E-state index >= 15 is 0 Å². The molecule has 1 aromatic carbocycles. The Bertz CT molecular complexity index is 387. The fourth-order valence-electron chi connectivity index (χ4n) is 1.37. The highest BCUT2D eigenvalue weighted by molar-refractivity contribution is 5.81. The van der Waals surface area contributed by atoms with E-state index in [1.165, 1.54) is 11.1 Å². The van der Waals surface area contributed by atoms with E-state index in [1.807, 2.05) is 30.1 Å². The number of aryl methyl sites for hydroxylation is 2. The van der Waals surface area contributed by atoms with Crippen molar-refractivity contribution in [3.63, 3.8) is 0 Å². The molecule has 0 N–H and O–H groups in total. The van der Waals surface area contributed by atoms with Gasteiger partial charge < -0.3 is 0 Å². The Morgan fingerprint density at radius 1 is 1.45 bits per heavy atom. The molecular formula is C9H9N2. The van der Waals surface area contributed by atoms with E-state index in [-0.39, 0.29) is 0 Å². The molecule has 1 heterocycles. The van der Waals surface area contributed by atoms with E-state index in [0.29, 0.717) is 0 Å². The number of benzene rings is 1. The molecule has 2 heteroatoms. The maximum atomic E-state index is 4.15. The molecule has 2 aromatic rings. The minimum Gasteiger partial charge on any atom is -0.268 e. The monoisotopic (exact) mass is 145 g/mol. The first-order chi connectivity index (χ1) is 5.29. The Balaban J connectivity index is 2.96. The Hall–Kier alpha value is -1.31. The summed E-state index contributed by atoms with van der Waals surface area (Å²) in [6.07, 6.45) is 1.86. The van der Waals surface area contributed by atoms with Crippen molar-refractivity contribution in [3.8, 4) is 0 Å². The van der Waals surface area contributed by atoms with Gasteiger partial charge in [-0.05, 0) is 30.7 Å². The van der Waals surface area contributed by atoms with Crippen molar-refractivity contribution >= 4 is 10.9 Å². The largest absolute Gasteiger partial charge is 0.268 e. The third-order valence-corrected chi connectivity index (χ3v) is 1.88. The van der Waals surface area contributed by atoms with Crippen LogP contribution in [0.5, 0.6) is 0 Å². The molecule has 1 aromatic heterocycles. The van der Waals surface area contributed by atoms with Crippen molar-refractivity contribution in [2.45, 2.75) is 6.92 Å². The highest BCUT2D eigenvalue weighted by atomic mass is 15.2. The van der Waals surface area contributed by atoms with Crippen LogP contribution in [0.4, 0.5) is 0 Å². The smallest absolute Gasteiger partial charge is 0.0708 e. The summed E-state index contributed by atoms with van der Waals surface area (Å²) in [5.41, 5.74) is 2.42. The third-order valence-electron chi connectivity index (χ3n) is 1.88. The number of hydrogen-bond donors (Lipinski definition) is 0. The standard InChI is InChI=1S/C9H9N2/c1-7-4-3-5-8-6-10-11(2)9(7)8/h4-6H,1-2H3. The maximum absolute atomic E-state index is 4.15. The summed E-state index contributed by atoms with van der Waals surface area (Å²) in [5.74, 6) is 0. The molecule has 0 aliphatic carbocycles. The molecule has 0 aliphatic heterocycles. The van der Waals surface area contributed by atoms with E-state index in [2.05, 4.69) is 18.1 Å². The van der Waals surface area contributed by atoms with Crippen molar-refractivity contribution in [1.82, 2.24) is 9.78 Å². The van der Waals surface area contributed by atoms with E-state index < -0.39 is 0 Å². The van der Waals surface area contributed by atoms with Crippen LogP contribution in [-0.4, -0.2) is 9.78 Å². The molecule has 11 heavy (non-hydrogen) atoms. The lowest BCUT2D eigenvalue weighted by atomic mass is 10.2. The van der Waals surface area contributed by atoms with Crippen molar-refractivity contribution in [2.75, 3.05) is 0 Å². The van der Waals surface area contributed by atoms with Gasteiger partial charge >= 0.3 is 0 Å². The van der Waals surface area contributed by atoms with Crippen LogP contribution in [0.2, 0.25) is 0 Å². The second kappa shape index (κ2) is 2.09. The zero-order valence-corrected chi connectivity index (χ0v) is 6.63. The summed E-state index contributed by atoms with van der Waals surface area (Å²) in [6, 6.07) is 6.99. The molecule has 2 nitrogen and oxygen atoms in total. The highest BCUT2D eigenvalue weighted by Crippen LogP contribution is 2.15. The van der Waals surface area contributed by atoms with E-state index in [1.54, 1.807) is 0 Å². The van der Waals surface area contributed by atoms with Crippen LogP contribution in [0.15, 0.2) is 18.3 Å². The van der Waals surface area contributed by atoms with Crippen LogP contribution in [0.1, 0.15) is 5.56 Å². The second-order valence-corrected chi connectivity index (χ2v) is 2.71. The summed E-state index contributed by atoms with van der Waals surface area (Å²) in [6.45, 7) is 2.07. The Kier molecular flexibility index (Phi) is 1.22. The molecule has 0 amide bonds. The van der Waals surface area contributed by atoms with Gasteiger partial charge in [0, 0.05) is 12.4 Å². The van der Waals surface area contributed by atoms with Gasteiger partial charge in [0.1, 0.15) is 0 Å². The van der Waals surface area contributed by atoms with Crippen molar-refractivity contribution in [2.24, 2.45) is 7.05 Å². The fraction of sp³-hybridized carbons (Fsp3) is 0.222. The number of rotatable bonds is 0. The lowest BCUT2D eigenvalue weighted by molar-refractivity contribution is 0.794. The molecule has 1 radical (unpaired) electrons. The summed E-state index contributed by atoms with van der Waals surface area (Å²) >= 11 is 0. The first-order valence-electron chi connectivity index (χ1n) is 3.57. The second-order valence-electron chi connectivity index (χ2n) is 2.71. The minimum absolute atomic E-state index is 1.16. The van der Waals surface area contributed by atoms with Crippen molar-refractivity contribution in [3.05, 3.63) is 30.0 Å². The summed E-state index contributed by atoms with van der Waals surface area (Å²) in [4.78, 5) is 0. The molecule has 0 unspecified atom stereocenters. The van der Waals surface area contributed by atoms with Crippen LogP contribution in [0.25, 0.3) is 10.9 Å². The van der Waals surface area contributed by atoms with Crippen LogP contribution in [0, 0.1) is 13.0 Å². The first-order valence-corrected chi connectivity index (χ1v) is 3.57. The summed E-state index contributed by atoms with van der Waals surface area (Å²) < 4.78 is 1.89. The lowest BCUT2D eigenvalue weighted by Crippen LogP contribution is -1.90. The predicted molar refractivity (Wildman–Crippen MR) is 44.3 cm³/mol. The molecule has 0 bridgehead atoms. The highest BCUT2D eigenvalue weighted by Gasteiger charge is 1.99. The molecule has 55 valence electrons. The molecule has 0 atom stereocenters. The Morgan fingerprint density at radius 2 is 2.27 bits per heavy atom. The average molecular weight is 145 g/mol. The van der Waals surface area contributed by atoms with Gasteiger partial charge in [0.15, 0.2) is 0 Å². The molecule has 2 rings (SSSR count). The normalized spacial score (nSPS) is 10.7. The van der Waals surface area contributed by atoms with Gasteiger partial charge in [0.2, 0.25) is 0 Å². The quantitative estimate of drug-likeness (QED) is 0.551. The molecule has 0 spiro atoms. The third kappa shape index (κ3) is 0.827. The van der Waals surface area contributed by atoms with Crippen LogP contribution >= 0.6 is 0 Å². The van der Waals surface area contributed by atoms with Gasteiger partial charge in [-0.3, -0.25) is 4.68 Å². The number of aromatic nitrogens is 2. The number of fused-ring (bicyclic) bond motifs is 1. The van der Waals surface area contributed by atoms with Crippen LogP contribution in [0.3, 0.4) is 0 Å². The number of hydrogen-bond acceptors (Lipinski definition) is 1. The van der Waals surface area contributed by atoms with Gasteiger partial charge in [-0.2, -0.15) is 5.10 Å².